The van der Waals surface area contributed by atoms with Crippen molar-refractivity contribution in [2.45, 2.75) is 83.3 Å². The van der Waals surface area contributed by atoms with E-state index in [2.05, 4.69) is 24.1 Å². The number of carbonyl (C=O) groups is 1. The average molecular weight is 296 g/mol. The highest BCUT2D eigenvalue weighted by atomic mass is 16.4. The fourth-order valence-corrected chi connectivity index (χ4v) is 3.56. The van der Waals surface area contributed by atoms with Gasteiger partial charge in [0.05, 0.1) is 0 Å². The maximum Gasteiger partial charge on any atom is 0.323 e. The van der Waals surface area contributed by atoms with Crippen LogP contribution in [-0.4, -0.2) is 46.7 Å². The number of rotatable bonds is 8. The maximum atomic E-state index is 11.7. The second-order valence-corrected chi connectivity index (χ2v) is 7.29. The number of hydrogen-bond acceptors (Lipinski definition) is 3. The minimum atomic E-state index is -0.703. The predicted octanol–water partition coefficient (Wildman–Crippen LogP) is 2.87. The zero-order chi connectivity index (χ0) is 15.5. The van der Waals surface area contributed by atoms with Gasteiger partial charge in [-0.25, -0.2) is 0 Å². The van der Waals surface area contributed by atoms with E-state index in [-0.39, 0.29) is 0 Å². The molecule has 2 rings (SSSR count). The molecule has 122 valence electrons. The summed E-state index contributed by atoms with van der Waals surface area (Å²) in [6.45, 7) is 8.82. The van der Waals surface area contributed by atoms with E-state index >= 15 is 0 Å². The van der Waals surface area contributed by atoms with E-state index in [4.69, 9.17) is 0 Å². The Hall–Kier alpha value is -0.610. The highest BCUT2D eigenvalue weighted by Crippen LogP contribution is 2.28. The minimum absolute atomic E-state index is 0.440. The van der Waals surface area contributed by atoms with Gasteiger partial charge in [-0.2, -0.15) is 0 Å². The smallest absolute Gasteiger partial charge is 0.323 e. The van der Waals surface area contributed by atoms with Gasteiger partial charge in [-0.1, -0.05) is 13.8 Å². The van der Waals surface area contributed by atoms with Crippen molar-refractivity contribution in [3.05, 3.63) is 0 Å². The van der Waals surface area contributed by atoms with Gasteiger partial charge in [0.15, 0.2) is 0 Å². The van der Waals surface area contributed by atoms with E-state index < -0.39 is 11.5 Å². The molecule has 0 spiro atoms. The fraction of sp³-hybridized carbons (Fsp3) is 0.941. The molecule has 1 aliphatic heterocycles. The van der Waals surface area contributed by atoms with Gasteiger partial charge in [0.25, 0.3) is 0 Å². The van der Waals surface area contributed by atoms with Crippen LogP contribution in [0.4, 0.5) is 0 Å². The van der Waals surface area contributed by atoms with Crippen LogP contribution >= 0.6 is 0 Å². The Morgan fingerprint density at radius 3 is 2.57 bits per heavy atom. The van der Waals surface area contributed by atoms with Crippen molar-refractivity contribution in [1.82, 2.24) is 10.2 Å². The monoisotopic (exact) mass is 296 g/mol. The predicted molar refractivity (Wildman–Crippen MR) is 85.5 cm³/mol. The van der Waals surface area contributed by atoms with E-state index in [1.54, 1.807) is 0 Å². The molecule has 1 saturated carbocycles. The molecule has 3 atom stereocenters. The number of aliphatic carboxylic acids is 1. The summed E-state index contributed by atoms with van der Waals surface area (Å²) in [6, 6.07) is 1.09. The van der Waals surface area contributed by atoms with Crippen LogP contribution in [0.2, 0.25) is 0 Å². The van der Waals surface area contributed by atoms with Gasteiger partial charge in [0.2, 0.25) is 0 Å². The van der Waals surface area contributed by atoms with Gasteiger partial charge >= 0.3 is 5.97 Å². The van der Waals surface area contributed by atoms with Gasteiger partial charge in [0.1, 0.15) is 5.54 Å². The molecule has 0 amide bonds. The van der Waals surface area contributed by atoms with Gasteiger partial charge in [-0.3, -0.25) is 10.1 Å². The van der Waals surface area contributed by atoms with Crippen LogP contribution in [0.3, 0.4) is 0 Å². The molecule has 0 radical (unpaired) electrons. The summed E-state index contributed by atoms with van der Waals surface area (Å²) >= 11 is 0. The Bertz CT molecular complexity index is 357. The summed E-state index contributed by atoms with van der Waals surface area (Å²) in [6.07, 6.45) is 7.26. The molecule has 2 fully saturated rings. The molecule has 2 aliphatic rings. The third-order valence-electron chi connectivity index (χ3n) is 5.37. The van der Waals surface area contributed by atoms with Crippen molar-refractivity contribution >= 4 is 5.97 Å². The van der Waals surface area contributed by atoms with Crippen LogP contribution in [0.15, 0.2) is 0 Å². The second-order valence-electron chi connectivity index (χ2n) is 7.29. The summed E-state index contributed by atoms with van der Waals surface area (Å²) in [7, 11) is 0. The minimum Gasteiger partial charge on any atom is -0.480 e. The Morgan fingerprint density at radius 1 is 1.29 bits per heavy atom. The molecular formula is C17H32N2O2. The molecule has 1 aliphatic carbocycles. The van der Waals surface area contributed by atoms with E-state index in [9.17, 15) is 9.90 Å². The summed E-state index contributed by atoms with van der Waals surface area (Å²) in [5, 5.41) is 13.0. The highest BCUT2D eigenvalue weighted by Gasteiger charge is 2.40. The van der Waals surface area contributed by atoms with Gasteiger partial charge in [-0.05, 0) is 64.3 Å². The summed E-state index contributed by atoms with van der Waals surface area (Å²) in [5.74, 6) is 0.109. The molecule has 0 bridgehead atoms. The van der Waals surface area contributed by atoms with E-state index in [0.29, 0.717) is 18.5 Å². The van der Waals surface area contributed by atoms with E-state index in [0.717, 1.165) is 38.1 Å². The molecule has 1 saturated heterocycles. The van der Waals surface area contributed by atoms with Gasteiger partial charge in [0, 0.05) is 18.6 Å². The Morgan fingerprint density at radius 2 is 2.00 bits per heavy atom. The fourth-order valence-electron chi connectivity index (χ4n) is 3.56. The third-order valence-corrected chi connectivity index (χ3v) is 5.37. The Labute approximate surface area is 129 Å². The number of nitrogens with one attached hydrogen (secondary N) is 1. The lowest BCUT2D eigenvalue weighted by Gasteiger charge is -2.38. The van der Waals surface area contributed by atoms with Crippen molar-refractivity contribution < 1.29 is 9.90 Å². The van der Waals surface area contributed by atoms with Crippen molar-refractivity contribution in [3.8, 4) is 0 Å². The van der Waals surface area contributed by atoms with Crippen LogP contribution in [0, 0.1) is 5.92 Å². The highest BCUT2D eigenvalue weighted by molar-refractivity contribution is 5.78. The number of carboxylic acids is 1. The van der Waals surface area contributed by atoms with Crippen molar-refractivity contribution in [2.75, 3.05) is 13.1 Å². The number of nitrogens with zero attached hydrogens (tertiary/aromatic N) is 1. The maximum absolute atomic E-state index is 11.7. The van der Waals surface area contributed by atoms with Gasteiger partial charge < -0.3 is 10.0 Å². The van der Waals surface area contributed by atoms with Crippen LogP contribution in [0.25, 0.3) is 0 Å². The van der Waals surface area contributed by atoms with Crippen molar-refractivity contribution in [3.63, 3.8) is 0 Å². The molecule has 4 heteroatoms. The zero-order valence-electron chi connectivity index (χ0n) is 13.9. The summed E-state index contributed by atoms with van der Waals surface area (Å²) in [5.41, 5.74) is -0.703. The average Bonchev–Trinajstić information content (AvgIpc) is 3.25. The quantitative estimate of drug-likeness (QED) is 0.723. The lowest BCUT2D eigenvalue weighted by Crippen LogP contribution is -2.53. The van der Waals surface area contributed by atoms with Crippen LogP contribution in [0.1, 0.15) is 65.7 Å². The molecule has 3 unspecified atom stereocenters. The molecule has 4 nitrogen and oxygen atoms in total. The Kier molecular flexibility index (Phi) is 5.67. The van der Waals surface area contributed by atoms with Crippen LogP contribution in [-0.2, 0) is 4.79 Å². The molecule has 1 heterocycles. The first-order valence-electron chi connectivity index (χ1n) is 8.72. The first kappa shape index (κ1) is 16.8. The lowest BCUT2D eigenvalue weighted by atomic mass is 9.89. The second kappa shape index (κ2) is 7.10. The third kappa shape index (κ3) is 4.43. The van der Waals surface area contributed by atoms with Crippen molar-refractivity contribution in [2.24, 2.45) is 5.92 Å². The van der Waals surface area contributed by atoms with E-state index in [1.165, 1.54) is 19.4 Å². The number of piperidine rings is 1. The van der Waals surface area contributed by atoms with Gasteiger partial charge in [-0.15, -0.1) is 0 Å². The Balaban J connectivity index is 1.84. The lowest BCUT2D eigenvalue weighted by molar-refractivity contribution is -0.145. The number of carboxylic acid groups (broad SMARTS) is 1. The molecule has 0 aromatic heterocycles. The van der Waals surface area contributed by atoms with E-state index in [1.807, 2.05) is 6.92 Å². The molecule has 0 aromatic carbocycles. The van der Waals surface area contributed by atoms with Crippen LogP contribution < -0.4 is 5.32 Å². The first-order valence-corrected chi connectivity index (χ1v) is 8.72. The standard InChI is InChI=1S/C17H32N2O2/c1-4-17(16(20)21,18-15-8-9-15)10-5-11-19-12-13(2)6-7-14(19)3/h13-15,18H,4-12H2,1-3H3,(H,20,21). The van der Waals surface area contributed by atoms with Crippen LogP contribution in [0.5, 0.6) is 0 Å². The SMILES string of the molecule is CCC(CCCN1CC(C)CCC1C)(NC1CC1)C(=O)O. The van der Waals surface area contributed by atoms with Crippen molar-refractivity contribution in [1.29, 1.82) is 0 Å². The molecule has 2 N–H and O–H groups in total. The molecular weight excluding hydrogens is 264 g/mol. The molecule has 21 heavy (non-hydrogen) atoms. The topological polar surface area (TPSA) is 52.6 Å². The zero-order valence-corrected chi connectivity index (χ0v) is 13.9. The summed E-state index contributed by atoms with van der Waals surface area (Å²) in [4.78, 5) is 14.3. The molecule has 0 aromatic rings. The number of likely N-dealkylation sites (tertiary alicyclic amines) is 1. The normalized spacial score (nSPS) is 30.0. The number of hydrogen-bond donors (Lipinski definition) is 2. The summed E-state index contributed by atoms with van der Waals surface area (Å²) < 4.78 is 0. The first-order chi connectivity index (χ1) is 9.97. The largest absolute Gasteiger partial charge is 0.480 e.